The molecule has 1 heterocycles. The van der Waals surface area contributed by atoms with E-state index in [9.17, 15) is 9.59 Å². The summed E-state index contributed by atoms with van der Waals surface area (Å²) in [4.78, 5) is 30.5. The molecule has 3 aromatic carbocycles. The van der Waals surface area contributed by atoms with E-state index < -0.39 is 6.04 Å². The van der Waals surface area contributed by atoms with Crippen molar-refractivity contribution < 1.29 is 9.59 Å². The molecule has 1 fully saturated rings. The fourth-order valence-electron chi connectivity index (χ4n) is 4.58. The molecule has 0 bridgehead atoms. The zero-order valence-corrected chi connectivity index (χ0v) is 20.7. The van der Waals surface area contributed by atoms with Crippen LogP contribution < -0.4 is 5.73 Å². The van der Waals surface area contributed by atoms with Gasteiger partial charge in [0.1, 0.15) is 6.04 Å². The lowest BCUT2D eigenvalue weighted by atomic mass is 9.98. The summed E-state index contributed by atoms with van der Waals surface area (Å²) in [7, 11) is 0. The van der Waals surface area contributed by atoms with Crippen molar-refractivity contribution in [3.63, 3.8) is 0 Å². The molecule has 0 saturated carbocycles. The van der Waals surface area contributed by atoms with Crippen LogP contribution in [0, 0.1) is 0 Å². The highest BCUT2D eigenvalue weighted by Gasteiger charge is 2.36. The second-order valence-corrected chi connectivity index (χ2v) is 10.1. The number of carbonyl (C=O) groups is 2. The Labute approximate surface area is 208 Å². The Kier molecular flexibility index (Phi) is 7.67. The molecule has 0 spiro atoms. The van der Waals surface area contributed by atoms with Gasteiger partial charge in [-0.05, 0) is 54.7 Å². The molecule has 2 N–H and O–H groups in total. The summed E-state index contributed by atoms with van der Waals surface area (Å²) in [5.41, 5.74) is 7.94. The zero-order chi connectivity index (χ0) is 24.8. The molecule has 182 valence electrons. The number of nitrogens with zero attached hydrogens (tertiary/aromatic N) is 2. The molecular weight excluding hydrogens is 434 g/mol. The summed E-state index contributed by atoms with van der Waals surface area (Å²) in [6, 6.07) is 24.1. The third-order valence-electron chi connectivity index (χ3n) is 6.53. The van der Waals surface area contributed by atoms with Crippen molar-refractivity contribution in [2.75, 3.05) is 19.6 Å². The van der Waals surface area contributed by atoms with Crippen molar-refractivity contribution in [2.24, 2.45) is 5.73 Å². The maximum absolute atomic E-state index is 13.7. The van der Waals surface area contributed by atoms with Gasteiger partial charge in [0, 0.05) is 31.6 Å². The number of hydrogen-bond donors (Lipinski definition) is 1. The highest BCUT2D eigenvalue weighted by atomic mass is 16.2. The van der Waals surface area contributed by atoms with Crippen LogP contribution in [0.25, 0.3) is 10.8 Å². The van der Waals surface area contributed by atoms with Gasteiger partial charge in [-0.25, -0.2) is 0 Å². The monoisotopic (exact) mass is 469 g/mol. The highest BCUT2D eigenvalue weighted by molar-refractivity contribution is 5.94. The van der Waals surface area contributed by atoms with E-state index in [0.29, 0.717) is 32.5 Å². The smallest absolute Gasteiger partial charge is 0.246 e. The van der Waals surface area contributed by atoms with Crippen LogP contribution in [0.15, 0.2) is 84.9 Å². The van der Waals surface area contributed by atoms with E-state index in [0.717, 1.165) is 22.8 Å². The minimum atomic E-state index is -0.524. The molecule has 1 aliphatic heterocycles. The van der Waals surface area contributed by atoms with Crippen LogP contribution in [0.3, 0.4) is 0 Å². The number of nitrogens with two attached hydrogens (primary N) is 1. The molecule has 5 heteroatoms. The number of hydrogen-bond acceptors (Lipinski definition) is 3. The molecule has 35 heavy (non-hydrogen) atoms. The summed E-state index contributed by atoms with van der Waals surface area (Å²) in [5, 5.41) is 2.30. The Morgan fingerprint density at radius 3 is 2.43 bits per heavy atom. The average molecular weight is 470 g/mol. The van der Waals surface area contributed by atoms with Crippen molar-refractivity contribution >= 4 is 22.6 Å². The third kappa shape index (κ3) is 6.58. The largest absolute Gasteiger partial charge is 0.339 e. The minimum absolute atomic E-state index is 0.0150. The first-order valence-corrected chi connectivity index (χ1v) is 12.4. The molecule has 3 aromatic rings. The Morgan fingerprint density at radius 1 is 0.971 bits per heavy atom. The van der Waals surface area contributed by atoms with E-state index in [1.807, 2.05) is 55.2 Å². The third-order valence-corrected chi connectivity index (χ3v) is 6.53. The maximum Gasteiger partial charge on any atom is 0.246 e. The van der Waals surface area contributed by atoms with Crippen LogP contribution in [0.4, 0.5) is 0 Å². The first kappa shape index (κ1) is 24.7. The second-order valence-electron chi connectivity index (χ2n) is 10.1. The second kappa shape index (κ2) is 10.9. The van der Waals surface area contributed by atoms with Crippen molar-refractivity contribution in [1.29, 1.82) is 0 Å². The predicted molar refractivity (Wildman–Crippen MR) is 142 cm³/mol. The molecule has 1 atom stereocenters. The lowest BCUT2D eigenvalue weighted by molar-refractivity contribution is -0.149. The molecule has 0 aliphatic carbocycles. The van der Waals surface area contributed by atoms with Crippen molar-refractivity contribution in [3.05, 3.63) is 96.1 Å². The first-order chi connectivity index (χ1) is 16.8. The molecule has 0 aromatic heterocycles. The molecule has 0 radical (unpaired) electrons. The van der Waals surface area contributed by atoms with E-state index in [2.05, 4.69) is 42.5 Å². The van der Waals surface area contributed by atoms with Gasteiger partial charge < -0.3 is 15.5 Å². The van der Waals surface area contributed by atoms with Crippen molar-refractivity contribution in [3.8, 4) is 0 Å². The van der Waals surface area contributed by atoms with Crippen LogP contribution in [-0.4, -0.2) is 52.8 Å². The van der Waals surface area contributed by atoms with Gasteiger partial charge in [-0.3, -0.25) is 9.59 Å². The van der Waals surface area contributed by atoms with Crippen LogP contribution in [0.1, 0.15) is 31.4 Å². The van der Waals surface area contributed by atoms with Gasteiger partial charge in [0.15, 0.2) is 0 Å². The summed E-state index contributed by atoms with van der Waals surface area (Å²) >= 11 is 0. The summed E-state index contributed by atoms with van der Waals surface area (Å²) in [6.45, 7) is 5.57. The number of rotatable bonds is 8. The molecule has 4 rings (SSSR count). The van der Waals surface area contributed by atoms with Gasteiger partial charge >= 0.3 is 0 Å². The Balaban J connectivity index is 1.54. The van der Waals surface area contributed by atoms with E-state index in [-0.39, 0.29) is 17.4 Å². The quantitative estimate of drug-likeness (QED) is 0.499. The number of amides is 2. The SMILES string of the molecule is CC(C)(N)CC=CC(=O)N1CCN(CCc2ccccc2)C(=O)C1Cc1ccc2ccccc2c1. The number of fused-ring (bicyclic) bond motifs is 1. The lowest BCUT2D eigenvalue weighted by Crippen LogP contribution is -2.59. The molecule has 1 aliphatic rings. The van der Waals surface area contributed by atoms with E-state index in [1.165, 1.54) is 5.56 Å². The Bertz CT molecular complexity index is 1200. The van der Waals surface area contributed by atoms with Gasteiger partial charge in [0.2, 0.25) is 11.8 Å². The van der Waals surface area contributed by atoms with Gasteiger partial charge in [-0.2, -0.15) is 0 Å². The van der Waals surface area contributed by atoms with Gasteiger partial charge in [-0.15, -0.1) is 0 Å². The van der Waals surface area contributed by atoms with Gasteiger partial charge in [-0.1, -0.05) is 78.9 Å². The van der Waals surface area contributed by atoms with Crippen molar-refractivity contribution in [2.45, 2.75) is 44.7 Å². The van der Waals surface area contributed by atoms with Crippen LogP contribution in [0.2, 0.25) is 0 Å². The molecule has 1 unspecified atom stereocenters. The summed E-state index contributed by atoms with van der Waals surface area (Å²) in [5.74, 6) is -0.114. The fraction of sp³-hybridized carbons (Fsp3) is 0.333. The zero-order valence-electron chi connectivity index (χ0n) is 20.7. The Hall–Kier alpha value is -3.44. The normalized spacial score (nSPS) is 16.9. The average Bonchev–Trinajstić information content (AvgIpc) is 2.84. The van der Waals surface area contributed by atoms with Gasteiger partial charge in [0.05, 0.1) is 0 Å². The molecule has 1 saturated heterocycles. The maximum atomic E-state index is 13.7. The highest BCUT2D eigenvalue weighted by Crippen LogP contribution is 2.21. The Morgan fingerprint density at radius 2 is 1.69 bits per heavy atom. The molecular formula is C30H35N3O2. The van der Waals surface area contributed by atoms with Crippen molar-refractivity contribution in [1.82, 2.24) is 9.80 Å². The standard InChI is InChI=1S/C30H35N3O2/c1-30(2,31)17-8-13-28(34)33-20-19-32(18-16-23-9-4-3-5-10-23)29(35)27(33)22-24-14-15-25-11-6-7-12-26(25)21-24/h3-15,21,27H,16-20,22,31H2,1-2H3. The topological polar surface area (TPSA) is 66.6 Å². The molecule has 5 nitrogen and oxygen atoms in total. The van der Waals surface area contributed by atoms with E-state index >= 15 is 0 Å². The van der Waals surface area contributed by atoms with Crippen LogP contribution in [-0.2, 0) is 22.4 Å². The van der Waals surface area contributed by atoms with Gasteiger partial charge in [0.25, 0.3) is 0 Å². The lowest BCUT2D eigenvalue weighted by Gasteiger charge is -2.40. The summed E-state index contributed by atoms with van der Waals surface area (Å²) < 4.78 is 0. The summed E-state index contributed by atoms with van der Waals surface area (Å²) in [6.07, 6.45) is 5.29. The number of piperazine rings is 1. The minimum Gasteiger partial charge on any atom is -0.339 e. The first-order valence-electron chi connectivity index (χ1n) is 12.4. The predicted octanol–water partition coefficient (Wildman–Crippen LogP) is 4.35. The number of carbonyl (C=O) groups excluding carboxylic acids is 2. The van der Waals surface area contributed by atoms with Crippen LogP contribution in [0.5, 0.6) is 0 Å². The van der Waals surface area contributed by atoms with E-state index in [1.54, 1.807) is 11.0 Å². The fourth-order valence-corrected chi connectivity index (χ4v) is 4.58. The van der Waals surface area contributed by atoms with E-state index in [4.69, 9.17) is 5.73 Å². The van der Waals surface area contributed by atoms with Crippen LogP contribution >= 0.6 is 0 Å². The number of benzene rings is 3. The molecule has 2 amide bonds.